The summed E-state index contributed by atoms with van der Waals surface area (Å²) in [7, 11) is -3.19. The van der Waals surface area contributed by atoms with E-state index >= 15 is 0 Å². The van der Waals surface area contributed by atoms with Crippen LogP contribution in [0.1, 0.15) is 31.7 Å². The molecule has 1 aromatic carbocycles. The smallest absolute Gasteiger partial charge is 0.212 e. The van der Waals surface area contributed by atoms with Crippen molar-refractivity contribution in [2.24, 2.45) is 0 Å². The summed E-state index contributed by atoms with van der Waals surface area (Å²) < 4.78 is 26.8. The maximum atomic E-state index is 12.0. The molecule has 0 aliphatic heterocycles. The molecule has 3 rings (SSSR count). The number of sulfonamides is 1. The van der Waals surface area contributed by atoms with Crippen LogP contribution in [0.15, 0.2) is 41.8 Å². The van der Waals surface area contributed by atoms with Gasteiger partial charge in [0.15, 0.2) is 0 Å². The first kappa shape index (κ1) is 14.8. The van der Waals surface area contributed by atoms with Gasteiger partial charge in [-0.15, -0.1) is 11.3 Å². The van der Waals surface area contributed by atoms with Gasteiger partial charge in [0.05, 0.1) is 5.25 Å². The van der Waals surface area contributed by atoms with Gasteiger partial charge in [-0.3, -0.25) is 0 Å². The highest BCUT2D eigenvalue weighted by Crippen LogP contribution is 2.45. The van der Waals surface area contributed by atoms with Gasteiger partial charge < -0.3 is 0 Å². The van der Waals surface area contributed by atoms with E-state index in [1.807, 2.05) is 18.2 Å². The van der Waals surface area contributed by atoms with Crippen molar-refractivity contribution >= 4 is 21.4 Å². The van der Waals surface area contributed by atoms with Crippen molar-refractivity contribution in [1.29, 1.82) is 0 Å². The molecule has 2 unspecified atom stereocenters. The molecule has 1 aliphatic carbocycles. The molecule has 112 valence electrons. The highest BCUT2D eigenvalue weighted by Gasteiger charge is 2.42. The fourth-order valence-corrected chi connectivity index (χ4v) is 4.22. The second-order valence-corrected chi connectivity index (χ2v) is 8.94. The number of hydrogen-bond donors (Lipinski definition) is 1. The molecule has 0 radical (unpaired) electrons. The molecule has 1 aliphatic rings. The van der Waals surface area contributed by atoms with Crippen molar-refractivity contribution in [3.05, 3.63) is 47.3 Å². The molecule has 0 spiro atoms. The Kier molecular flexibility index (Phi) is 3.90. The zero-order valence-corrected chi connectivity index (χ0v) is 13.7. The maximum absolute atomic E-state index is 12.0. The Morgan fingerprint density at radius 1 is 1.19 bits per heavy atom. The van der Waals surface area contributed by atoms with Gasteiger partial charge in [-0.25, -0.2) is 13.1 Å². The number of thiophene rings is 1. The third kappa shape index (κ3) is 3.05. The van der Waals surface area contributed by atoms with E-state index in [4.69, 9.17) is 0 Å². The Bertz CT molecular complexity index is 720. The fraction of sp³-hybridized carbons (Fsp3) is 0.375. The summed E-state index contributed by atoms with van der Waals surface area (Å²) in [6, 6.07) is 12.5. The van der Waals surface area contributed by atoms with Crippen LogP contribution in [-0.2, 0) is 10.0 Å². The normalized spacial score (nSPS) is 21.7. The number of nitrogens with one attached hydrogen (secondary N) is 1. The summed E-state index contributed by atoms with van der Waals surface area (Å²) in [4.78, 5) is 1.24. The minimum Gasteiger partial charge on any atom is -0.212 e. The highest BCUT2D eigenvalue weighted by molar-refractivity contribution is 7.90. The van der Waals surface area contributed by atoms with E-state index in [-0.39, 0.29) is 17.2 Å². The Hall–Kier alpha value is -1.17. The lowest BCUT2D eigenvalue weighted by atomic mass is 10.0. The summed E-state index contributed by atoms with van der Waals surface area (Å²) >= 11 is 1.72. The average molecular weight is 321 g/mol. The van der Waals surface area contributed by atoms with Crippen LogP contribution in [0.5, 0.6) is 0 Å². The molecule has 5 heteroatoms. The van der Waals surface area contributed by atoms with Crippen LogP contribution in [0, 0.1) is 0 Å². The van der Waals surface area contributed by atoms with Gasteiger partial charge in [-0.05, 0) is 42.8 Å². The Morgan fingerprint density at radius 2 is 1.95 bits per heavy atom. The molecule has 2 aromatic rings. The maximum Gasteiger partial charge on any atom is 0.214 e. The average Bonchev–Trinajstić information content (AvgIpc) is 2.99. The Balaban J connectivity index is 1.82. The predicted molar refractivity (Wildman–Crippen MR) is 88.1 cm³/mol. The third-order valence-electron chi connectivity index (χ3n) is 3.87. The lowest BCUT2D eigenvalue weighted by molar-refractivity contribution is 0.571. The molecular formula is C16H19NO2S2. The van der Waals surface area contributed by atoms with Gasteiger partial charge in [0.2, 0.25) is 10.0 Å². The molecular weight excluding hydrogens is 302 g/mol. The molecule has 1 fully saturated rings. The molecule has 1 saturated carbocycles. The van der Waals surface area contributed by atoms with Crippen molar-refractivity contribution in [3.63, 3.8) is 0 Å². The minimum atomic E-state index is -3.19. The lowest BCUT2D eigenvalue weighted by Crippen LogP contribution is -2.33. The summed E-state index contributed by atoms with van der Waals surface area (Å²) in [6.07, 6.45) is 0.883. The van der Waals surface area contributed by atoms with E-state index in [1.165, 1.54) is 16.0 Å². The number of hydrogen-bond acceptors (Lipinski definition) is 3. The van der Waals surface area contributed by atoms with E-state index in [1.54, 1.807) is 25.2 Å². The van der Waals surface area contributed by atoms with Crippen molar-refractivity contribution in [3.8, 4) is 10.4 Å². The van der Waals surface area contributed by atoms with Crippen molar-refractivity contribution < 1.29 is 8.42 Å². The Morgan fingerprint density at radius 3 is 2.62 bits per heavy atom. The van der Waals surface area contributed by atoms with Gasteiger partial charge in [0, 0.05) is 16.8 Å². The van der Waals surface area contributed by atoms with E-state index in [2.05, 4.69) is 28.3 Å². The number of benzene rings is 1. The van der Waals surface area contributed by atoms with Crippen molar-refractivity contribution in [2.45, 2.75) is 37.5 Å². The summed E-state index contributed by atoms with van der Waals surface area (Å²) in [5.41, 5.74) is 2.47. The van der Waals surface area contributed by atoms with E-state index in [9.17, 15) is 8.42 Å². The minimum absolute atomic E-state index is 0.0403. The molecule has 1 heterocycles. The standard InChI is InChI=1S/C16H19NO2S2/c1-11(2)21(18,19)17-15-10-14(15)12-6-3-4-7-13(12)16-8-5-9-20-16/h3-9,11,14-15,17H,10H2,1-2H3. The summed E-state index contributed by atoms with van der Waals surface area (Å²) in [5, 5.41) is 1.68. The quantitative estimate of drug-likeness (QED) is 0.914. The largest absolute Gasteiger partial charge is 0.214 e. The zero-order valence-electron chi connectivity index (χ0n) is 12.1. The molecule has 0 saturated heterocycles. The van der Waals surface area contributed by atoms with Gasteiger partial charge in [0.1, 0.15) is 0 Å². The zero-order chi connectivity index (χ0) is 15.0. The summed E-state index contributed by atoms with van der Waals surface area (Å²) in [5.74, 6) is 0.289. The number of rotatable bonds is 5. The lowest BCUT2D eigenvalue weighted by Gasteiger charge is -2.11. The fourth-order valence-electron chi connectivity index (χ4n) is 2.49. The van der Waals surface area contributed by atoms with Crippen LogP contribution >= 0.6 is 11.3 Å². The topological polar surface area (TPSA) is 46.2 Å². The van der Waals surface area contributed by atoms with Crippen molar-refractivity contribution in [1.82, 2.24) is 4.72 Å². The molecule has 1 aromatic heterocycles. The van der Waals surface area contributed by atoms with Gasteiger partial charge in [-0.2, -0.15) is 0 Å². The summed E-state index contributed by atoms with van der Waals surface area (Å²) in [6.45, 7) is 3.42. The first-order chi connectivity index (χ1) is 9.99. The van der Waals surface area contributed by atoms with Crippen LogP contribution in [0.2, 0.25) is 0 Å². The first-order valence-electron chi connectivity index (χ1n) is 7.13. The van der Waals surface area contributed by atoms with Crippen LogP contribution in [0.4, 0.5) is 0 Å². The molecule has 3 nitrogen and oxygen atoms in total. The first-order valence-corrected chi connectivity index (χ1v) is 9.55. The predicted octanol–water partition coefficient (Wildman–Crippen LogP) is 3.60. The van der Waals surface area contributed by atoms with Gasteiger partial charge >= 0.3 is 0 Å². The molecule has 0 bridgehead atoms. The van der Waals surface area contributed by atoms with Crippen LogP contribution in [-0.4, -0.2) is 19.7 Å². The van der Waals surface area contributed by atoms with E-state index in [0.29, 0.717) is 0 Å². The van der Waals surface area contributed by atoms with Gasteiger partial charge in [0.25, 0.3) is 0 Å². The van der Waals surface area contributed by atoms with E-state index in [0.717, 1.165) is 6.42 Å². The second-order valence-electron chi connectivity index (χ2n) is 5.72. The molecule has 0 amide bonds. The van der Waals surface area contributed by atoms with Crippen LogP contribution < -0.4 is 4.72 Å². The monoisotopic (exact) mass is 321 g/mol. The molecule has 1 N–H and O–H groups in total. The third-order valence-corrected chi connectivity index (χ3v) is 6.65. The molecule has 21 heavy (non-hydrogen) atoms. The van der Waals surface area contributed by atoms with Crippen molar-refractivity contribution in [2.75, 3.05) is 0 Å². The second kappa shape index (κ2) is 5.55. The van der Waals surface area contributed by atoms with Crippen LogP contribution in [0.25, 0.3) is 10.4 Å². The Labute approximate surface area is 130 Å². The molecule has 2 atom stereocenters. The van der Waals surface area contributed by atoms with E-state index < -0.39 is 10.0 Å². The highest BCUT2D eigenvalue weighted by atomic mass is 32.2. The SMILES string of the molecule is CC(C)S(=O)(=O)NC1CC1c1ccccc1-c1cccs1. The van der Waals surface area contributed by atoms with Gasteiger partial charge in [-0.1, -0.05) is 30.3 Å². The van der Waals surface area contributed by atoms with Crippen LogP contribution in [0.3, 0.4) is 0 Å².